The molecule has 0 aliphatic carbocycles. The van der Waals surface area contributed by atoms with E-state index in [1.165, 1.54) is 23.9 Å². The molecule has 0 spiro atoms. The maximum atomic E-state index is 11.2. The first-order valence-corrected chi connectivity index (χ1v) is 9.27. The molecule has 0 amide bonds. The first-order valence-electron chi connectivity index (χ1n) is 7.21. The summed E-state index contributed by atoms with van der Waals surface area (Å²) in [5.74, 6) is 0.279. The number of aromatic nitrogens is 2. The standard InChI is InChI=1S/C14H25N3O2S/c1-11-14(12(2)16(3)15-11)13-7-5-8-17(13)9-6-10-20(4,18)19/h13H,5-10H2,1-4H3/t13-/m0/s1. The number of hydrogen-bond acceptors (Lipinski definition) is 4. The molecule has 0 bridgehead atoms. The van der Waals surface area contributed by atoms with Crippen molar-refractivity contribution in [2.75, 3.05) is 25.1 Å². The molecule has 1 aliphatic rings. The van der Waals surface area contributed by atoms with Gasteiger partial charge in [0.05, 0.1) is 11.4 Å². The maximum Gasteiger partial charge on any atom is 0.147 e. The second-order valence-electron chi connectivity index (χ2n) is 5.89. The Hall–Kier alpha value is -0.880. The van der Waals surface area contributed by atoms with Crippen molar-refractivity contribution in [3.63, 3.8) is 0 Å². The van der Waals surface area contributed by atoms with Gasteiger partial charge in [0.15, 0.2) is 0 Å². The van der Waals surface area contributed by atoms with Crippen LogP contribution in [0.1, 0.15) is 42.3 Å². The largest absolute Gasteiger partial charge is 0.296 e. The minimum Gasteiger partial charge on any atom is -0.296 e. The molecule has 1 aromatic rings. The number of nitrogens with zero attached hydrogens (tertiary/aromatic N) is 3. The van der Waals surface area contributed by atoms with E-state index in [0.29, 0.717) is 12.5 Å². The van der Waals surface area contributed by atoms with Gasteiger partial charge in [-0.1, -0.05) is 0 Å². The van der Waals surface area contributed by atoms with Gasteiger partial charge in [-0.05, 0) is 46.2 Å². The van der Waals surface area contributed by atoms with E-state index < -0.39 is 9.84 Å². The second kappa shape index (κ2) is 5.85. The average Bonchev–Trinajstić information content (AvgIpc) is 2.84. The van der Waals surface area contributed by atoms with Crippen molar-refractivity contribution >= 4 is 9.84 Å². The van der Waals surface area contributed by atoms with Gasteiger partial charge in [-0.2, -0.15) is 5.10 Å². The summed E-state index contributed by atoms with van der Waals surface area (Å²) in [4.78, 5) is 2.42. The Kier molecular flexibility index (Phi) is 4.54. The van der Waals surface area contributed by atoms with Crippen LogP contribution in [0.5, 0.6) is 0 Å². The zero-order valence-electron chi connectivity index (χ0n) is 12.9. The zero-order chi connectivity index (χ0) is 14.9. The van der Waals surface area contributed by atoms with Crippen LogP contribution >= 0.6 is 0 Å². The molecule has 6 heteroatoms. The fourth-order valence-electron chi connectivity index (χ4n) is 3.22. The van der Waals surface area contributed by atoms with Crippen LogP contribution in [-0.4, -0.2) is 48.2 Å². The molecule has 1 aromatic heterocycles. The lowest BCUT2D eigenvalue weighted by Crippen LogP contribution is -2.26. The van der Waals surface area contributed by atoms with Crippen LogP contribution in [0.15, 0.2) is 0 Å². The SMILES string of the molecule is Cc1nn(C)c(C)c1[C@@H]1CCCN1CCCS(C)(=O)=O. The summed E-state index contributed by atoms with van der Waals surface area (Å²) in [5, 5.41) is 4.50. The minimum absolute atomic E-state index is 0.279. The van der Waals surface area contributed by atoms with Crippen LogP contribution in [0.4, 0.5) is 0 Å². The van der Waals surface area contributed by atoms with Crippen molar-refractivity contribution in [3.05, 3.63) is 17.0 Å². The quantitative estimate of drug-likeness (QED) is 0.829. The molecular weight excluding hydrogens is 274 g/mol. The first kappa shape index (κ1) is 15.5. The van der Waals surface area contributed by atoms with Gasteiger partial charge in [0, 0.05) is 30.6 Å². The van der Waals surface area contributed by atoms with E-state index >= 15 is 0 Å². The molecule has 1 saturated heterocycles. The molecule has 0 aromatic carbocycles. The van der Waals surface area contributed by atoms with Gasteiger partial charge in [-0.25, -0.2) is 8.42 Å². The van der Waals surface area contributed by atoms with Crippen LogP contribution in [0.2, 0.25) is 0 Å². The molecule has 0 N–H and O–H groups in total. The van der Waals surface area contributed by atoms with E-state index in [4.69, 9.17) is 0 Å². The van der Waals surface area contributed by atoms with Gasteiger partial charge < -0.3 is 0 Å². The Morgan fingerprint density at radius 3 is 2.60 bits per heavy atom. The van der Waals surface area contributed by atoms with Gasteiger partial charge in [0.1, 0.15) is 9.84 Å². The summed E-state index contributed by atoms with van der Waals surface area (Å²) < 4.78 is 24.4. The van der Waals surface area contributed by atoms with Gasteiger partial charge in [0.25, 0.3) is 0 Å². The highest BCUT2D eigenvalue weighted by atomic mass is 32.2. The van der Waals surface area contributed by atoms with E-state index in [1.807, 2.05) is 11.7 Å². The van der Waals surface area contributed by atoms with Gasteiger partial charge in [-0.3, -0.25) is 9.58 Å². The van der Waals surface area contributed by atoms with Crippen molar-refractivity contribution in [2.24, 2.45) is 7.05 Å². The van der Waals surface area contributed by atoms with Crippen molar-refractivity contribution in [3.8, 4) is 0 Å². The molecule has 114 valence electrons. The topological polar surface area (TPSA) is 55.2 Å². The number of hydrogen-bond donors (Lipinski definition) is 0. The van der Waals surface area contributed by atoms with E-state index in [-0.39, 0.29) is 5.75 Å². The van der Waals surface area contributed by atoms with Gasteiger partial charge in [0.2, 0.25) is 0 Å². The molecule has 0 saturated carbocycles. The highest BCUT2D eigenvalue weighted by Crippen LogP contribution is 2.35. The summed E-state index contributed by atoms with van der Waals surface area (Å²) in [6.07, 6.45) is 4.35. The highest BCUT2D eigenvalue weighted by Gasteiger charge is 2.29. The lowest BCUT2D eigenvalue weighted by atomic mass is 10.0. The van der Waals surface area contributed by atoms with Crippen LogP contribution in [0.25, 0.3) is 0 Å². The first-order chi connectivity index (χ1) is 9.29. The van der Waals surface area contributed by atoms with Crippen molar-refractivity contribution in [1.29, 1.82) is 0 Å². The van der Waals surface area contributed by atoms with Crippen molar-refractivity contribution in [2.45, 2.75) is 39.2 Å². The predicted octanol–water partition coefficient (Wildman–Crippen LogP) is 1.61. The van der Waals surface area contributed by atoms with E-state index in [1.54, 1.807) is 0 Å². The van der Waals surface area contributed by atoms with Crippen LogP contribution < -0.4 is 0 Å². The fourth-order valence-corrected chi connectivity index (χ4v) is 3.88. The summed E-state index contributed by atoms with van der Waals surface area (Å²) in [6.45, 7) is 6.09. The number of rotatable bonds is 5. The lowest BCUT2D eigenvalue weighted by Gasteiger charge is -2.25. The molecule has 0 radical (unpaired) electrons. The third-order valence-electron chi connectivity index (χ3n) is 4.22. The highest BCUT2D eigenvalue weighted by molar-refractivity contribution is 7.90. The Morgan fingerprint density at radius 2 is 2.05 bits per heavy atom. The van der Waals surface area contributed by atoms with Crippen LogP contribution in [0, 0.1) is 13.8 Å². The Labute approximate surface area is 121 Å². The summed E-state index contributed by atoms with van der Waals surface area (Å²) in [5.41, 5.74) is 3.66. The summed E-state index contributed by atoms with van der Waals surface area (Å²) in [6, 6.07) is 0.406. The normalized spacial score (nSPS) is 20.7. The molecule has 5 nitrogen and oxygen atoms in total. The maximum absolute atomic E-state index is 11.2. The predicted molar refractivity (Wildman–Crippen MR) is 80.6 cm³/mol. The Bertz CT molecular complexity index is 577. The minimum atomic E-state index is -2.85. The van der Waals surface area contributed by atoms with E-state index in [9.17, 15) is 8.42 Å². The van der Waals surface area contributed by atoms with Crippen LogP contribution in [-0.2, 0) is 16.9 Å². The molecule has 0 unspecified atom stereocenters. The van der Waals surface area contributed by atoms with Crippen molar-refractivity contribution in [1.82, 2.24) is 14.7 Å². The number of likely N-dealkylation sites (tertiary alicyclic amines) is 1. The molecule has 1 atom stereocenters. The monoisotopic (exact) mass is 299 g/mol. The third kappa shape index (κ3) is 3.41. The molecule has 1 aliphatic heterocycles. The third-order valence-corrected chi connectivity index (χ3v) is 5.25. The molecular formula is C14H25N3O2S. The van der Waals surface area contributed by atoms with Gasteiger partial charge in [-0.15, -0.1) is 0 Å². The zero-order valence-corrected chi connectivity index (χ0v) is 13.7. The fraction of sp³-hybridized carbons (Fsp3) is 0.786. The average molecular weight is 299 g/mol. The Morgan fingerprint density at radius 1 is 1.35 bits per heavy atom. The molecule has 20 heavy (non-hydrogen) atoms. The van der Waals surface area contributed by atoms with E-state index in [2.05, 4.69) is 23.8 Å². The second-order valence-corrected chi connectivity index (χ2v) is 8.15. The molecule has 2 heterocycles. The molecule has 2 rings (SSSR count). The van der Waals surface area contributed by atoms with E-state index in [0.717, 1.165) is 25.2 Å². The van der Waals surface area contributed by atoms with Gasteiger partial charge >= 0.3 is 0 Å². The Balaban J connectivity index is 2.07. The van der Waals surface area contributed by atoms with Crippen molar-refractivity contribution < 1.29 is 8.42 Å². The summed E-state index contributed by atoms with van der Waals surface area (Å²) >= 11 is 0. The number of sulfone groups is 1. The summed E-state index contributed by atoms with van der Waals surface area (Å²) in [7, 11) is -0.872. The smallest absolute Gasteiger partial charge is 0.147 e. The van der Waals surface area contributed by atoms with Crippen LogP contribution in [0.3, 0.4) is 0 Å². The number of aryl methyl sites for hydroxylation is 2. The molecule has 1 fully saturated rings. The lowest BCUT2D eigenvalue weighted by molar-refractivity contribution is 0.256.